The molecule has 32 heavy (non-hydrogen) atoms. The van der Waals surface area contributed by atoms with Gasteiger partial charge in [-0.1, -0.05) is 47.6 Å². The van der Waals surface area contributed by atoms with E-state index in [4.69, 9.17) is 4.52 Å². The lowest BCUT2D eigenvalue weighted by Gasteiger charge is -2.25. The van der Waals surface area contributed by atoms with Crippen molar-refractivity contribution in [2.45, 2.75) is 33.2 Å². The second-order valence-electron chi connectivity index (χ2n) is 7.79. The lowest BCUT2D eigenvalue weighted by atomic mass is 10.1. The minimum absolute atomic E-state index is 0.126. The molecule has 1 aromatic heterocycles. The maximum Gasteiger partial charge on any atom is 0.246 e. The van der Waals surface area contributed by atoms with Gasteiger partial charge in [-0.25, -0.2) is 8.42 Å². The van der Waals surface area contributed by atoms with Crippen molar-refractivity contribution in [3.05, 3.63) is 65.5 Å². The quantitative estimate of drug-likeness (QED) is 0.488. The number of sulfonamides is 1. The maximum atomic E-state index is 12.6. The third kappa shape index (κ3) is 5.73. The fraction of sp³-hybridized carbons (Fsp3) is 0.348. The van der Waals surface area contributed by atoms with Crippen LogP contribution in [0.1, 0.15) is 29.9 Å². The van der Waals surface area contributed by atoms with Crippen molar-refractivity contribution in [3.8, 4) is 11.4 Å². The molecule has 2 aromatic carbocycles. The van der Waals surface area contributed by atoms with Crippen molar-refractivity contribution >= 4 is 21.6 Å². The maximum absolute atomic E-state index is 12.6. The molecule has 9 heteroatoms. The van der Waals surface area contributed by atoms with E-state index in [-0.39, 0.29) is 25.4 Å². The Hall–Kier alpha value is -3.20. The van der Waals surface area contributed by atoms with Crippen molar-refractivity contribution in [1.82, 2.24) is 15.0 Å². The second kappa shape index (κ2) is 9.95. The van der Waals surface area contributed by atoms with E-state index in [1.165, 1.54) is 15.5 Å². The summed E-state index contributed by atoms with van der Waals surface area (Å²) < 4.78 is 31.4. The summed E-state index contributed by atoms with van der Waals surface area (Å²) in [7, 11) is -1.81. The summed E-state index contributed by atoms with van der Waals surface area (Å²) >= 11 is 0. The zero-order valence-corrected chi connectivity index (χ0v) is 19.6. The minimum atomic E-state index is -3.47. The fourth-order valence-corrected chi connectivity index (χ4v) is 4.37. The predicted molar refractivity (Wildman–Crippen MR) is 124 cm³/mol. The lowest BCUT2D eigenvalue weighted by molar-refractivity contribution is -0.130. The molecule has 1 heterocycles. The van der Waals surface area contributed by atoms with Gasteiger partial charge in [-0.05, 0) is 37.5 Å². The molecule has 0 radical (unpaired) electrons. The number of benzene rings is 2. The summed E-state index contributed by atoms with van der Waals surface area (Å²) in [4.78, 5) is 18.4. The molecule has 0 spiro atoms. The Morgan fingerprint density at radius 2 is 1.78 bits per heavy atom. The highest BCUT2D eigenvalue weighted by Crippen LogP contribution is 2.25. The number of rotatable bonds is 9. The molecule has 0 unspecified atom stereocenters. The standard InChI is InChI=1S/C23H28N4O4S/c1-17-10-8-13-20(18(17)2)27(32(4,29)30)15-9-14-22(28)26(3)16-21-24-23(25-31-21)19-11-6-5-7-12-19/h5-8,10-13H,9,14-16H2,1-4H3. The molecule has 0 fully saturated rings. The van der Waals surface area contributed by atoms with E-state index in [9.17, 15) is 13.2 Å². The van der Waals surface area contributed by atoms with Gasteiger partial charge >= 0.3 is 0 Å². The number of hydrogen-bond donors (Lipinski definition) is 0. The molecule has 0 aliphatic heterocycles. The summed E-state index contributed by atoms with van der Waals surface area (Å²) in [5, 5.41) is 3.96. The Morgan fingerprint density at radius 1 is 1.06 bits per heavy atom. The zero-order chi connectivity index (χ0) is 23.3. The Kier molecular flexibility index (Phi) is 7.29. The summed E-state index contributed by atoms with van der Waals surface area (Å²) in [6.07, 6.45) is 1.78. The van der Waals surface area contributed by atoms with Crippen LogP contribution in [-0.4, -0.2) is 49.2 Å². The first-order valence-electron chi connectivity index (χ1n) is 10.3. The van der Waals surface area contributed by atoms with Gasteiger partial charge in [-0.2, -0.15) is 4.98 Å². The molecule has 0 aliphatic carbocycles. The fourth-order valence-electron chi connectivity index (χ4n) is 3.35. The van der Waals surface area contributed by atoms with E-state index in [0.29, 0.717) is 23.8 Å². The topological polar surface area (TPSA) is 96.6 Å². The monoisotopic (exact) mass is 456 g/mol. The van der Waals surface area contributed by atoms with Crippen molar-refractivity contribution < 1.29 is 17.7 Å². The molecule has 0 atom stereocenters. The Labute approximate surface area is 188 Å². The van der Waals surface area contributed by atoms with Crippen LogP contribution >= 0.6 is 0 Å². The van der Waals surface area contributed by atoms with Gasteiger partial charge in [-0.3, -0.25) is 9.10 Å². The van der Waals surface area contributed by atoms with Crippen LogP contribution in [0.25, 0.3) is 11.4 Å². The molecule has 8 nitrogen and oxygen atoms in total. The Morgan fingerprint density at radius 3 is 2.47 bits per heavy atom. The van der Waals surface area contributed by atoms with Crippen molar-refractivity contribution in [2.24, 2.45) is 0 Å². The van der Waals surface area contributed by atoms with Crippen LogP contribution < -0.4 is 4.31 Å². The molecular formula is C23H28N4O4S. The highest BCUT2D eigenvalue weighted by Gasteiger charge is 2.21. The van der Waals surface area contributed by atoms with E-state index in [1.807, 2.05) is 56.3 Å². The average molecular weight is 457 g/mol. The first kappa shape index (κ1) is 23.5. The summed E-state index contributed by atoms with van der Waals surface area (Å²) in [6.45, 7) is 4.25. The number of nitrogens with zero attached hydrogens (tertiary/aromatic N) is 4. The first-order valence-corrected chi connectivity index (χ1v) is 12.2. The molecule has 1 amide bonds. The van der Waals surface area contributed by atoms with E-state index in [0.717, 1.165) is 16.7 Å². The number of amides is 1. The highest BCUT2D eigenvalue weighted by molar-refractivity contribution is 7.92. The van der Waals surface area contributed by atoms with Crippen LogP contribution in [0.4, 0.5) is 5.69 Å². The SMILES string of the molecule is Cc1cccc(N(CCCC(=O)N(C)Cc2nc(-c3ccccc3)no2)S(C)(=O)=O)c1C. The average Bonchev–Trinajstić information content (AvgIpc) is 3.21. The molecule has 0 saturated heterocycles. The number of aryl methyl sites for hydroxylation is 1. The molecule has 170 valence electrons. The first-order chi connectivity index (χ1) is 15.2. The van der Waals surface area contributed by atoms with Gasteiger partial charge in [0, 0.05) is 25.6 Å². The molecule has 3 aromatic rings. The number of carbonyl (C=O) groups is 1. The van der Waals surface area contributed by atoms with Crippen LogP contribution in [0, 0.1) is 13.8 Å². The molecule has 3 rings (SSSR count). The van der Waals surface area contributed by atoms with E-state index in [2.05, 4.69) is 10.1 Å². The molecule has 0 bridgehead atoms. The van der Waals surface area contributed by atoms with Crippen LogP contribution in [0.2, 0.25) is 0 Å². The van der Waals surface area contributed by atoms with Crippen LogP contribution in [0.5, 0.6) is 0 Å². The van der Waals surface area contributed by atoms with E-state index >= 15 is 0 Å². The molecule has 0 N–H and O–H groups in total. The molecule has 0 saturated carbocycles. The van der Waals surface area contributed by atoms with Crippen molar-refractivity contribution in [3.63, 3.8) is 0 Å². The number of carbonyl (C=O) groups excluding carboxylic acids is 1. The molecular weight excluding hydrogens is 428 g/mol. The van der Waals surface area contributed by atoms with E-state index in [1.54, 1.807) is 13.1 Å². The van der Waals surface area contributed by atoms with E-state index < -0.39 is 10.0 Å². The summed E-state index contributed by atoms with van der Waals surface area (Å²) in [5.74, 6) is 0.686. The summed E-state index contributed by atoms with van der Waals surface area (Å²) in [5.41, 5.74) is 3.41. The Bertz CT molecular complexity index is 1180. The van der Waals surface area contributed by atoms with Gasteiger partial charge in [0.05, 0.1) is 18.5 Å². The number of anilines is 1. The Balaban J connectivity index is 1.58. The second-order valence-corrected chi connectivity index (χ2v) is 9.69. The third-order valence-corrected chi connectivity index (χ3v) is 6.48. The van der Waals surface area contributed by atoms with Gasteiger partial charge in [0.25, 0.3) is 0 Å². The highest BCUT2D eigenvalue weighted by atomic mass is 32.2. The van der Waals surface area contributed by atoms with Crippen LogP contribution in [0.3, 0.4) is 0 Å². The minimum Gasteiger partial charge on any atom is -0.337 e. The number of hydrogen-bond acceptors (Lipinski definition) is 6. The predicted octanol–water partition coefficient (Wildman–Crippen LogP) is 3.56. The van der Waals surface area contributed by atoms with Gasteiger partial charge in [0.15, 0.2) is 0 Å². The van der Waals surface area contributed by atoms with Gasteiger partial charge in [0.2, 0.25) is 27.6 Å². The third-order valence-electron chi connectivity index (χ3n) is 5.30. The van der Waals surface area contributed by atoms with Crippen LogP contribution in [-0.2, 0) is 21.4 Å². The number of aromatic nitrogens is 2. The van der Waals surface area contributed by atoms with Gasteiger partial charge < -0.3 is 9.42 Å². The van der Waals surface area contributed by atoms with Crippen molar-refractivity contribution in [1.29, 1.82) is 0 Å². The lowest BCUT2D eigenvalue weighted by Crippen LogP contribution is -2.33. The zero-order valence-electron chi connectivity index (χ0n) is 18.8. The normalized spacial score (nSPS) is 11.4. The smallest absolute Gasteiger partial charge is 0.246 e. The van der Waals surface area contributed by atoms with Gasteiger partial charge in [0.1, 0.15) is 0 Å². The summed E-state index contributed by atoms with van der Waals surface area (Å²) in [6, 6.07) is 15.0. The van der Waals surface area contributed by atoms with Crippen molar-refractivity contribution in [2.75, 3.05) is 24.2 Å². The van der Waals surface area contributed by atoms with Crippen LogP contribution in [0.15, 0.2) is 53.1 Å². The van der Waals surface area contributed by atoms with Gasteiger partial charge in [-0.15, -0.1) is 0 Å². The largest absolute Gasteiger partial charge is 0.337 e. The molecule has 0 aliphatic rings.